The van der Waals surface area contributed by atoms with Crippen molar-refractivity contribution in [3.05, 3.63) is 73.7 Å². The quantitative estimate of drug-likeness (QED) is 0.501. The van der Waals surface area contributed by atoms with Crippen molar-refractivity contribution in [1.82, 2.24) is 39.7 Å². The molecular formula is C18H12N8. The molecule has 8 nitrogen and oxygen atoms in total. The zero-order chi connectivity index (χ0) is 17.3. The van der Waals surface area contributed by atoms with Gasteiger partial charge in [-0.1, -0.05) is 30.3 Å². The summed E-state index contributed by atoms with van der Waals surface area (Å²) in [5.74, 6) is 1.27. The zero-order valence-electron chi connectivity index (χ0n) is 13.5. The van der Waals surface area contributed by atoms with Crippen LogP contribution in [0.25, 0.3) is 33.7 Å². The van der Waals surface area contributed by atoms with Crippen LogP contribution >= 0.6 is 0 Å². The Bertz CT molecular complexity index is 1180. The average Bonchev–Trinajstić information content (AvgIpc) is 3.40. The Balaban J connectivity index is 1.67. The van der Waals surface area contributed by atoms with Crippen LogP contribution in [-0.4, -0.2) is 39.7 Å². The van der Waals surface area contributed by atoms with Crippen molar-refractivity contribution in [2.24, 2.45) is 0 Å². The van der Waals surface area contributed by atoms with E-state index in [2.05, 4.69) is 30.4 Å². The highest BCUT2D eigenvalue weighted by atomic mass is 15.4. The Morgan fingerprint density at radius 3 is 2.23 bits per heavy atom. The minimum Gasteiger partial charge on any atom is -0.256 e. The van der Waals surface area contributed by atoms with Gasteiger partial charge in [0, 0.05) is 28.7 Å². The van der Waals surface area contributed by atoms with Crippen LogP contribution in [-0.2, 0) is 0 Å². The largest absolute Gasteiger partial charge is 0.256 e. The van der Waals surface area contributed by atoms with E-state index in [-0.39, 0.29) is 0 Å². The van der Waals surface area contributed by atoms with Crippen LogP contribution in [0.3, 0.4) is 0 Å². The highest BCUT2D eigenvalue weighted by molar-refractivity contribution is 5.93. The molecule has 26 heavy (non-hydrogen) atoms. The predicted octanol–water partition coefficient (Wildman–Crippen LogP) is 2.46. The molecule has 0 aliphatic carbocycles. The Labute approximate surface area is 147 Å². The smallest absolute Gasteiger partial charge is 0.185 e. The van der Waals surface area contributed by atoms with Gasteiger partial charge < -0.3 is 0 Å². The lowest BCUT2D eigenvalue weighted by molar-refractivity contribution is 0.786. The van der Waals surface area contributed by atoms with Crippen molar-refractivity contribution in [2.75, 3.05) is 0 Å². The third-order valence-electron chi connectivity index (χ3n) is 4.04. The van der Waals surface area contributed by atoms with Crippen molar-refractivity contribution >= 4 is 10.8 Å². The summed E-state index contributed by atoms with van der Waals surface area (Å²) in [5, 5.41) is 19.2. The first-order valence-electron chi connectivity index (χ1n) is 7.97. The first-order chi connectivity index (χ1) is 12.9. The lowest BCUT2D eigenvalue weighted by Crippen LogP contribution is -2.06. The molecule has 0 fully saturated rings. The first kappa shape index (κ1) is 14.4. The van der Waals surface area contributed by atoms with Gasteiger partial charge in [0.2, 0.25) is 0 Å². The highest BCUT2D eigenvalue weighted by Gasteiger charge is 2.14. The van der Waals surface area contributed by atoms with Crippen molar-refractivity contribution in [1.29, 1.82) is 0 Å². The second-order valence-corrected chi connectivity index (χ2v) is 5.62. The topological polar surface area (TPSA) is 87.2 Å². The molecule has 0 aliphatic rings. The monoisotopic (exact) mass is 340 g/mol. The molecule has 8 heteroatoms. The van der Waals surface area contributed by atoms with E-state index < -0.39 is 0 Å². The molecule has 0 unspecified atom stereocenters. The fourth-order valence-electron chi connectivity index (χ4n) is 2.84. The summed E-state index contributed by atoms with van der Waals surface area (Å²) in [7, 11) is 0. The fourth-order valence-corrected chi connectivity index (χ4v) is 2.84. The summed E-state index contributed by atoms with van der Waals surface area (Å²) < 4.78 is 3.31. The van der Waals surface area contributed by atoms with Gasteiger partial charge in [0.15, 0.2) is 11.6 Å². The van der Waals surface area contributed by atoms with Gasteiger partial charge in [-0.3, -0.25) is 4.98 Å². The maximum atomic E-state index is 4.44. The van der Waals surface area contributed by atoms with Crippen LogP contribution in [0, 0.1) is 0 Å². The number of hydrogen-bond acceptors (Lipinski definition) is 6. The molecule has 0 bridgehead atoms. The second kappa shape index (κ2) is 5.85. The van der Waals surface area contributed by atoms with Crippen molar-refractivity contribution in [3.63, 3.8) is 0 Å². The number of pyridine rings is 1. The van der Waals surface area contributed by atoms with Crippen molar-refractivity contribution in [3.8, 4) is 22.9 Å². The molecule has 5 aromatic rings. The molecule has 0 amide bonds. The molecule has 0 saturated carbocycles. The number of hydrogen-bond donors (Lipinski definition) is 0. The standard InChI is InChI=1S/C18H12N8/c1-2-6-15-14(5-1)17(23-24-18(15)26-12-19-11-22-26)25-10-13(9-21-25)16-7-3-4-8-20-16/h1-12H. The molecule has 5 rings (SSSR count). The van der Waals surface area contributed by atoms with Gasteiger partial charge in [0.1, 0.15) is 12.7 Å². The molecule has 1 aromatic carbocycles. The van der Waals surface area contributed by atoms with E-state index in [0.29, 0.717) is 11.6 Å². The van der Waals surface area contributed by atoms with Gasteiger partial charge in [-0.15, -0.1) is 10.2 Å². The molecule has 124 valence electrons. The summed E-state index contributed by atoms with van der Waals surface area (Å²) in [6, 6.07) is 13.7. The number of fused-ring (bicyclic) bond motifs is 1. The van der Waals surface area contributed by atoms with E-state index >= 15 is 0 Å². The van der Waals surface area contributed by atoms with Gasteiger partial charge in [-0.25, -0.2) is 14.3 Å². The van der Waals surface area contributed by atoms with Crippen molar-refractivity contribution in [2.45, 2.75) is 0 Å². The maximum Gasteiger partial charge on any atom is 0.185 e. The molecular weight excluding hydrogens is 328 g/mol. The van der Waals surface area contributed by atoms with Gasteiger partial charge in [0.25, 0.3) is 0 Å². The van der Waals surface area contributed by atoms with Crippen molar-refractivity contribution < 1.29 is 0 Å². The van der Waals surface area contributed by atoms with Crippen LogP contribution in [0.5, 0.6) is 0 Å². The van der Waals surface area contributed by atoms with Crippen LogP contribution in [0.15, 0.2) is 73.7 Å². The Morgan fingerprint density at radius 2 is 1.54 bits per heavy atom. The number of rotatable bonds is 3. The van der Waals surface area contributed by atoms with E-state index in [9.17, 15) is 0 Å². The molecule has 0 spiro atoms. The van der Waals surface area contributed by atoms with E-state index in [1.54, 1.807) is 28.1 Å². The number of nitrogens with zero attached hydrogens (tertiary/aromatic N) is 8. The maximum absolute atomic E-state index is 4.44. The molecule has 0 aliphatic heterocycles. The second-order valence-electron chi connectivity index (χ2n) is 5.62. The van der Waals surface area contributed by atoms with Crippen LogP contribution < -0.4 is 0 Å². The lowest BCUT2D eigenvalue weighted by Gasteiger charge is -2.08. The van der Waals surface area contributed by atoms with Crippen LogP contribution in [0.1, 0.15) is 0 Å². The predicted molar refractivity (Wildman–Crippen MR) is 94.8 cm³/mol. The summed E-state index contributed by atoms with van der Waals surface area (Å²) >= 11 is 0. The van der Waals surface area contributed by atoms with Crippen LogP contribution in [0.2, 0.25) is 0 Å². The minimum atomic E-state index is 0.624. The van der Waals surface area contributed by atoms with Gasteiger partial charge in [-0.05, 0) is 12.1 Å². The molecule has 0 radical (unpaired) electrons. The SMILES string of the molecule is c1ccc(-c2cnn(-c3nnc(-n4cncn4)c4ccccc34)c2)nc1. The van der Waals surface area contributed by atoms with E-state index in [4.69, 9.17) is 0 Å². The molecule has 4 aromatic heterocycles. The Morgan fingerprint density at radius 1 is 0.769 bits per heavy atom. The number of benzene rings is 1. The molecule has 4 heterocycles. The molecule has 0 saturated heterocycles. The third-order valence-corrected chi connectivity index (χ3v) is 4.04. The Kier molecular flexibility index (Phi) is 3.24. The first-order valence-corrected chi connectivity index (χ1v) is 7.97. The van der Waals surface area contributed by atoms with Gasteiger partial charge >= 0.3 is 0 Å². The minimum absolute atomic E-state index is 0.624. The zero-order valence-corrected chi connectivity index (χ0v) is 13.5. The lowest BCUT2D eigenvalue weighted by atomic mass is 10.1. The average molecular weight is 340 g/mol. The number of aromatic nitrogens is 8. The Hall–Kier alpha value is -3.94. The van der Waals surface area contributed by atoms with E-state index in [0.717, 1.165) is 22.0 Å². The fraction of sp³-hybridized carbons (Fsp3) is 0. The third kappa shape index (κ3) is 2.32. The van der Waals surface area contributed by atoms with Gasteiger partial charge in [0.05, 0.1) is 11.9 Å². The summed E-state index contributed by atoms with van der Waals surface area (Å²) in [4.78, 5) is 8.34. The summed E-state index contributed by atoms with van der Waals surface area (Å²) in [6.45, 7) is 0. The molecule has 0 N–H and O–H groups in total. The van der Waals surface area contributed by atoms with E-state index in [1.807, 2.05) is 48.7 Å². The summed E-state index contributed by atoms with van der Waals surface area (Å²) in [5.41, 5.74) is 1.77. The molecule has 0 atom stereocenters. The van der Waals surface area contributed by atoms with Gasteiger partial charge in [-0.2, -0.15) is 10.2 Å². The normalized spacial score (nSPS) is 11.1. The van der Waals surface area contributed by atoms with E-state index in [1.165, 1.54) is 6.33 Å². The van der Waals surface area contributed by atoms with Crippen LogP contribution in [0.4, 0.5) is 0 Å². The summed E-state index contributed by atoms with van der Waals surface area (Å²) in [6.07, 6.45) is 8.49. The highest BCUT2D eigenvalue weighted by Crippen LogP contribution is 2.25.